The summed E-state index contributed by atoms with van der Waals surface area (Å²) < 4.78 is 27.7. The summed E-state index contributed by atoms with van der Waals surface area (Å²) in [4.78, 5) is 0. The first-order valence-electron chi connectivity index (χ1n) is 6.95. The van der Waals surface area contributed by atoms with E-state index < -0.39 is 17.7 Å². The lowest BCUT2D eigenvalue weighted by Crippen LogP contribution is -2.22. The number of benzene rings is 2. The Morgan fingerprint density at radius 2 is 1.81 bits per heavy atom. The molecule has 2 aromatic carbocycles. The molecule has 0 amide bonds. The van der Waals surface area contributed by atoms with Crippen molar-refractivity contribution in [3.63, 3.8) is 0 Å². The van der Waals surface area contributed by atoms with Gasteiger partial charge in [0.05, 0.1) is 10.6 Å². The normalized spacial score (nSPS) is 19.1. The van der Waals surface area contributed by atoms with E-state index >= 15 is 0 Å². The van der Waals surface area contributed by atoms with Crippen molar-refractivity contribution in [3.05, 3.63) is 69.2 Å². The van der Waals surface area contributed by atoms with Gasteiger partial charge in [-0.2, -0.15) is 0 Å². The monoisotopic (exact) mass is 352 g/mol. The molecule has 2 unspecified atom stereocenters. The molecule has 3 rings (SSSR count). The second kappa shape index (κ2) is 5.85. The molecule has 0 bridgehead atoms. The minimum absolute atomic E-state index is 0.0417. The van der Waals surface area contributed by atoms with Crippen molar-refractivity contribution in [2.24, 2.45) is 5.92 Å². The lowest BCUT2D eigenvalue weighted by Gasteiger charge is -2.29. The molecule has 1 N–H and O–H groups in total. The van der Waals surface area contributed by atoms with Crippen LogP contribution in [0, 0.1) is 17.6 Å². The molecule has 0 spiro atoms. The van der Waals surface area contributed by atoms with Crippen LogP contribution in [-0.2, 0) is 12.8 Å². The third-order valence-electron chi connectivity index (χ3n) is 4.19. The van der Waals surface area contributed by atoms with E-state index in [0.717, 1.165) is 25.0 Å². The molecular formula is C17H15BrF2O. The molecular weight excluding hydrogens is 338 g/mol. The fourth-order valence-corrected chi connectivity index (χ4v) is 3.33. The summed E-state index contributed by atoms with van der Waals surface area (Å²) in [5, 5.41) is 10.4. The Balaban J connectivity index is 1.87. The van der Waals surface area contributed by atoms with E-state index in [1.165, 1.54) is 11.1 Å². The van der Waals surface area contributed by atoms with Gasteiger partial charge in [-0.05, 0) is 64.4 Å². The maximum atomic E-state index is 14.0. The minimum atomic E-state index is -0.985. The SMILES string of the molecule is OC(c1cc(F)c(Br)cc1F)C1CCc2ccccc2C1. The summed E-state index contributed by atoms with van der Waals surface area (Å²) in [6.07, 6.45) is 1.34. The number of hydrogen-bond acceptors (Lipinski definition) is 1. The van der Waals surface area contributed by atoms with Crippen molar-refractivity contribution in [1.82, 2.24) is 0 Å². The van der Waals surface area contributed by atoms with Gasteiger partial charge in [-0.1, -0.05) is 24.3 Å². The average molecular weight is 353 g/mol. The summed E-state index contributed by atoms with van der Waals surface area (Å²) in [6.45, 7) is 0. The first-order valence-corrected chi connectivity index (χ1v) is 7.75. The van der Waals surface area contributed by atoms with E-state index in [-0.39, 0.29) is 16.0 Å². The number of aryl methyl sites for hydroxylation is 1. The number of halogens is 3. The van der Waals surface area contributed by atoms with E-state index in [2.05, 4.69) is 22.0 Å². The van der Waals surface area contributed by atoms with Gasteiger partial charge in [0.1, 0.15) is 11.6 Å². The fraction of sp³-hybridized carbons (Fsp3) is 0.294. The van der Waals surface area contributed by atoms with E-state index in [4.69, 9.17) is 0 Å². The lowest BCUT2D eigenvalue weighted by molar-refractivity contribution is 0.0955. The van der Waals surface area contributed by atoms with Gasteiger partial charge in [0.25, 0.3) is 0 Å². The van der Waals surface area contributed by atoms with Crippen molar-refractivity contribution in [2.75, 3.05) is 0 Å². The fourth-order valence-electron chi connectivity index (χ4n) is 3.01. The van der Waals surface area contributed by atoms with E-state index in [1.807, 2.05) is 18.2 Å². The zero-order chi connectivity index (χ0) is 15.0. The predicted octanol–water partition coefficient (Wildman–Crippen LogP) is 4.57. The Labute approximate surface area is 130 Å². The second-order valence-electron chi connectivity index (χ2n) is 5.50. The summed E-state index contributed by atoms with van der Waals surface area (Å²) in [5.41, 5.74) is 2.51. The molecule has 110 valence electrons. The van der Waals surface area contributed by atoms with E-state index in [0.29, 0.717) is 6.42 Å². The molecule has 0 heterocycles. The Kier molecular flexibility index (Phi) is 4.09. The standard InChI is InChI=1S/C17H15BrF2O/c18-14-9-15(19)13(8-16(14)20)17(21)12-6-5-10-3-1-2-4-11(10)7-12/h1-4,8-9,12,17,21H,5-7H2. The van der Waals surface area contributed by atoms with Crippen molar-refractivity contribution in [1.29, 1.82) is 0 Å². The van der Waals surface area contributed by atoms with Crippen LogP contribution in [0.15, 0.2) is 40.9 Å². The quantitative estimate of drug-likeness (QED) is 0.785. The number of hydrogen-bond donors (Lipinski definition) is 1. The highest BCUT2D eigenvalue weighted by Gasteiger charge is 2.28. The molecule has 1 aliphatic rings. The van der Waals surface area contributed by atoms with Crippen LogP contribution in [0.4, 0.5) is 8.78 Å². The minimum Gasteiger partial charge on any atom is -0.388 e. The summed E-state index contributed by atoms with van der Waals surface area (Å²) in [6, 6.07) is 10.2. The van der Waals surface area contributed by atoms with Crippen molar-refractivity contribution in [2.45, 2.75) is 25.4 Å². The van der Waals surface area contributed by atoms with Gasteiger partial charge in [-0.25, -0.2) is 8.78 Å². The first kappa shape index (κ1) is 14.7. The maximum absolute atomic E-state index is 14.0. The Morgan fingerprint density at radius 1 is 1.10 bits per heavy atom. The molecule has 21 heavy (non-hydrogen) atoms. The van der Waals surface area contributed by atoms with Gasteiger partial charge < -0.3 is 5.11 Å². The van der Waals surface area contributed by atoms with Crippen LogP contribution in [0.25, 0.3) is 0 Å². The van der Waals surface area contributed by atoms with Crippen LogP contribution in [-0.4, -0.2) is 5.11 Å². The Morgan fingerprint density at radius 3 is 2.57 bits per heavy atom. The molecule has 0 fully saturated rings. The van der Waals surface area contributed by atoms with Crippen molar-refractivity contribution < 1.29 is 13.9 Å². The zero-order valence-corrected chi connectivity index (χ0v) is 12.9. The van der Waals surface area contributed by atoms with E-state index in [9.17, 15) is 13.9 Å². The predicted molar refractivity (Wildman–Crippen MR) is 81.0 cm³/mol. The smallest absolute Gasteiger partial charge is 0.137 e. The maximum Gasteiger partial charge on any atom is 0.137 e. The molecule has 0 aliphatic heterocycles. The molecule has 0 aromatic heterocycles. The topological polar surface area (TPSA) is 20.2 Å². The van der Waals surface area contributed by atoms with Crippen LogP contribution >= 0.6 is 15.9 Å². The largest absolute Gasteiger partial charge is 0.388 e. The third kappa shape index (κ3) is 2.87. The van der Waals surface area contributed by atoms with E-state index in [1.54, 1.807) is 0 Å². The van der Waals surface area contributed by atoms with Crippen molar-refractivity contribution >= 4 is 15.9 Å². The highest BCUT2D eigenvalue weighted by molar-refractivity contribution is 9.10. The Bertz CT molecular complexity index is 672. The number of aliphatic hydroxyl groups excluding tert-OH is 1. The molecule has 2 aromatic rings. The zero-order valence-electron chi connectivity index (χ0n) is 11.3. The van der Waals surface area contributed by atoms with Gasteiger partial charge >= 0.3 is 0 Å². The van der Waals surface area contributed by atoms with Crippen LogP contribution in [0.3, 0.4) is 0 Å². The van der Waals surface area contributed by atoms with Gasteiger partial charge in [0.2, 0.25) is 0 Å². The van der Waals surface area contributed by atoms with Crippen LogP contribution in [0.1, 0.15) is 29.2 Å². The molecule has 1 aliphatic carbocycles. The third-order valence-corrected chi connectivity index (χ3v) is 4.80. The summed E-state index contributed by atoms with van der Waals surface area (Å²) in [7, 11) is 0. The lowest BCUT2D eigenvalue weighted by atomic mass is 9.79. The van der Waals surface area contributed by atoms with Crippen LogP contribution in [0.2, 0.25) is 0 Å². The van der Waals surface area contributed by atoms with Crippen molar-refractivity contribution in [3.8, 4) is 0 Å². The first-order chi connectivity index (χ1) is 10.1. The molecule has 4 heteroatoms. The second-order valence-corrected chi connectivity index (χ2v) is 6.36. The van der Waals surface area contributed by atoms with Gasteiger partial charge in [-0.15, -0.1) is 0 Å². The highest BCUT2D eigenvalue weighted by Crippen LogP contribution is 2.36. The molecule has 0 saturated heterocycles. The van der Waals surface area contributed by atoms with Gasteiger partial charge in [-0.3, -0.25) is 0 Å². The number of rotatable bonds is 2. The summed E-state index contributed by atoms with van der Waals surface area (Å²) in [5.74, 6) is -1.22. The van der Waals surface area contributed by atoms with Gasteiger partial charge in [0.15, 0.2) is 0 Å². The molecule has 0 saturated carbocycles. The molecule has 0 radical (unpaired) electrons. The van der Waals surface area contributed by atoms with Gasteiger partial charge in [0, 0.05) is 5.56 Å². The summed E-state index contributed by atoms with van der Waals surface area (Å²) >= 11 is 2.95. The highest BCUT2D eigenvalue weighted by atomic mass is 79.9. The molecule has 2 atom stereocenters. The molecule has 1 nitrogen and oxygen atoms in total. The number of fused-ring (bicyclic) bond motifs is 1. The van der Waals surface area contributed by atoms with Crippen LogP contribution in [0.5, 0.6) is 0 Å². The Hall–Kier alpha value is -1.26. The number of aliphatic hydroxyl groups is 1. The average Bonchev–Trinajstić information content (AvgIpc) is 2.50. The van der Waals surface area contributed by atoms with Crippen LogP contribution < -0.4 is 0 Å².